The molecule has 0 aliphatic carbocycles. The standard InChI is InChI=1S/C14H17ClO/c1-3-12(5-4-8-16)10-13-9-11(2)6-7-14(13)15/h3-7,9,16H,8,10H2,1-2H3/b5-4-,12-3+. The van der Waals surface area contributed by atoms with E-state index < -0.39 is 0 Å². The van der Waals surface area contributed by atoms with E-state index in [1.807, 2.05) is 31.2 Å². The number of aryl methyl sites for hydroxylation is 1. The first-order chi connectivity index (χ1) is 7.67. The van der Waals surface area contributed by atoms with Gasteiger partial charge >= 0.3 is 0 Å². The molecule has 1 rings (SSSR count). The molecule has 1 aromatic carbocycles. The van der Waals surface area contributed by atoms with Crippen molar-refractivity contribution in [2.24, 2.45) is 0 Å². The summed E-state index contributed by atoms with van der Waals surface area (Å²) in [4.78, 5) is 0. The molecule has 0 saturated heterocycles. The first kappa shape index (κ1) is 13.0. The van der Waals surface area contributed by atoms with Crippen LogP contribution in [0.25, 0.3) is 0 Å². The number of aliphatic hydroxyl groups is 1. The molecule has 0 radical (unpaired) electrons. The molecule has 0 fully saturated rings. The zero-order valence-electron chi connectivity index (χ0n) is 9.70. The fourth-order valence-corrected chi connectivity index (χ4v) is 1.70. The normalized spacial score (nSPS) is 12.4. The third kappa shape index (κ3) is 3.84. The molecule has 0 aromatic heterocycles. The Labute approximate surface area is 102 Å². The van der Waals surface area contributed by atoms with Gasteiger partial charge in [-0.25, -0.2) is 0 Å². The second-order valence-electron chi connectivity index (χ2n) is 3.72. The minimum Gasteiger partial charge on any atom is -0.392 e. The summed E-state index contributed by atoms with van der Waals surface area (Å²) in [6, 6.07) is 6.03. The Morgan fingerprint density at radius 1 is 1.44 bits per heavy atom. The molecular formula is C14H17ClO. The number of halogens is 1. The Balaban J connectivity index is 2.86. The largest absolute Gasteiger partial charge is 0.392 e. The molecule has 0 aliphatic heterocycles. The fraction of sp³-hybridized carbons (Fsp3) is 0.286. The van der Waals surface area contributed by atoms with E-state index >= 15 is 0 Å². The molecule has 0 spiro atoms. The molecule has 0 aliphatic rings. The first-order valence-corrected chi connectivity index (χ1v) is 5.72. The molecule has 86 valence electrons. The summed E-state index contributed by atoms with van der Waals surface area (Å²) in [6.45, 7) is 4.11. The van der Waals surface area contributed by atoms with Gasteiger partial charge in [0, 0.05) is 5.02 Å². The number of benzene rings is 1. The lowest BCUT2D eigenvalue weighted by molar-refractivity contribution is 0.342. The van der Waals surface area contributed by atoms with Crippen LogP contribution < -0.4 is 0 Å². The average Bonchev–Trinajstić information content (AvgIpc) is 2.28. The maximum absolute atomic E-state index is 8.74. The van der Waals surface area contributed by atoms with Gasteiger partial charge in [0.15, 0.2) is 0 Å². The zero-order valence-corrected chi connectivity index (χ0v) is 10.5. The highest BCUT2D eigenvalue weighted by Gasteiger charge is 2.02. The Kier molecular flexibility index (Phi) is 5.30. The van der Waals surface area contributed by atoms with Crippen molar-refractivity contribution in [2.45, 2.75) is 20.3 Å². The number of hydrogen-bond donors (Lipinski definition) is 1. The fourth-order valence-electron chi connectivity index (χ4n) is 1.52. The van der Waals surface area contributed by atoms with Gasteiger partial charge in [0.25, 0.3) is 0 Å². The lowest BCUT2D eigenvalue weighted by atomic mass is 10.0. The van der Waals surface area contributed by atoms with E-state index in [0.29, 0.717) is 0 Å². The van der Waals surface area contributed by atoms with E-state index in [1.165, 1.54) is 5.56 Å². The van der Waals surface area contributed by atoms with Crippen LogP contribution in [0.15, 0.2) is 42.0 Å². The minimum absolute atomic E-state index is 0.0683. The van der Waals surface area contributed by atoms with Gasteiger partial charge < -0.3 is 5.11 Å². The average molecular weight is 237 g/mol. The molecule has 0 heterocycles. The minimum atomic E-state index is 0.0683. The van der Waals surface area contributed by atoms with Gasteiger partial charge in [-0.3, -0.25) is 0 Å². The van der Waals surface area contributed by atoms with Crippen molar-refractivity contribution in [1.29, 1.82) is 0 Å². The van der Waals surface area contributed by atoms with Crippen LogP contribution in [-0.2, 0) is 6.42 Å². The quantitative estimate of drug-likeness (QED) is 0.791. The molecule has 0 amide bonds. The highest BCUT2D eigenvalue weighted by atomic mass is 35.5. The highest BCUT2D eigenvalue weighted by Crippen LogP contribution is 2.20. The van der Waals surface area contributed by atoms with Gasteiger partial charge in [-0.1, -0.05) is 47.5 Å². The van der Waals surface area contributed by atoms with Crippen molar-refractivity contribution >= 4 is 11.6 Å². The number of aliphatic hydroxyl groups excluding tert-OH is 1. The van der Waals surface area contributed by atoms with Crippen molar-refractivity contribution in [2.75, 3.05) is 6.61 Å². The summed E-state index contributed by atoms with van der Waals surface area (Å²) >= 11 is 6.13. The van der Waals surface area contributed by atoms with Gasteiger partial charge in [-0.2, -0.15) is 0 Å². The highest BCUT2D eigenvalue weighted by molar-refractivity contribution is 6.31. The zero-order chi connectivity index (χ0) is 12.0. The van der Waals surface area contributed by atoms with E-state index in [9.17, 15) is 0 Å². The van der Waals surface area contributed by atoms with Gasteiger partial charge in [0.2, 0.25) is 0 Å². The molecule has 16 heavy (non-hydrogen) atoms. The lowest BCUT2D eigenvalue weighted by Crippen LogP contribution is -1.91. The van der Waals surface area contributed by atoms with Crippen molar-refractivity contribution in [3.63, 3.8) is 0 Å². The van der Waals surface area contributed by atoms with Gasteiger partial charge in [-0.15, -0.1) is 0 Å². The molecule has 0 atom stereocenters. The van der Waals surface area contributed by atoms with Crippen LogP contribution in [0.4, 0.5) is 0 Å². The molecule has 1 nitrogen and oxygen atoms in total. The number of allylic oxidation sites excluding steroid dienone is 3. The molecule has 1 aromatic rings. The van der Waals surface area contributed by atoms with Crippen LogP contribution in [0.1, 0.15) is 18.1 Å². The van der Waals surface area contributed by atoms with Crippen molar-refractivity contribution in [1.82, 2.24) is 0 Å². The maximum Gasteiger partial charge on any atom is 0.0615 e. The summed E-state index contributed by atoms with van der Waals surface area (Å²) in [5.41, 5.74) is 3.49. The maximum atomic E-state index is 8.74. The predicted molar refractivity (Wildman–Crippen MR) is 69.9 cm³/mol. The van der Waals surface area contributed by atoms with E-state index in [1.54, 1.807) is 6.08 Å². The molecular weight excluding hydrogens is 220 g/mol. The smallest absolute Gasteiger partial charge is 0.0615 e. The molecule has 0 saturated carbocycles. The summed E-state index contributed by atoms with van der Waals surface area (Å²) in [5.74, 6) is 0. The third-order valence-corrected chi connectivity index (χ3v) is 2.77. The summed E-state index contributed by atoms with van der Waals surface area (Å²) in [6.07, 6.45) is 6.50. The second kappa shape index (κ2) is 6.51. The Morgan fingerprint density at radius 2 is 2.19 bits per heavy atom. The van der Waals surface area contributed by atoms with Crippen molar-refractivity contribution in [3.8, 4) is 0 Å². The molecule has 0 bridgehead atoms. The summed E-state index contributed by atoms with van der Waals surface area (Å²) < 4.78 is 0. The van der Waals surface area contributed by atoms with Crippen LogP contribution >= 0.6 is 11.6 Å². The second-order valence-corrected chi connectivity index (χ2v) is 4.13. The number of rotatable bonds is 4. The van der Waals surface area contributed by atoms with E-state index in [0.717, 1.165) is 22.6 Å². The Bertz CT molecular complexity index is 405. The van der Waals surface area contributed by atoms with Crippen LogP contribution in [-0.4, -0.2) is 11.7 Å². The first-order valence-electron chi connectivity index (χ1n) is 5.35. The van der Waals surface area contributed by atoms with Crippen LogP contribution in [0.5, 0.6) is 0 Å². The van der Waals surface area contributed by atoms with Crippen LogP contribution in [0, 0.1) is 6.92 Å². The Morgan fingerprint density at radius 3 is 2.81 bits per heavy atom. The summed E-state index contributed by atoms with van der Waals surface area (Å²) in [7, 11) is 0. The van der Waals surface area contributed by atoms with Gasteiger partial charge in [0.1, 0.15) is 0 Å². The predicted octanol–water partition coefficient (Wildman–Crippen LogP) is 3.69. The van der Waals surface area contributed by atoms with Crippen LogP contribution in [0.3, 0.4) is 0 Å². The Hall–Kier alpha value is -1.05. The third-order valence-electron chi connectivity index (χ3n) is 2.40. The molecule has 0 unspecified atom stereocenters. The summed E-state index contributed by atoms with van der Waals surface area (Å²) in [5, 5.41) is 9.53. The van der Waals surface area contributed by atoms with E-state index in [2.05, 4.69) is 13.0 Å². The topological polar surface area (TPSA) is 20.2 Å². The molecule has 2 heteroatoms. The van der Waals surface area contributed by atoms with Gasteiger partial charge in [-0.05, 0) is 37.5 Å². The number of hydrogen-bond acceptors (Lipinski definition) is 1. The van der Waals surface area contributed by atoms with E-state index in [4.69, 9.17) is 16.7 Å². The monoisotopic (exact) mass is 236 g/mol. The SMILES string of the molecule is C/C=C(\C=C/CO)Cc1cc(C)ccc1Cl. The van der Waals surface area contributed by atoms with Gasteiger partial charge in [0.05, 0.1) is 6.61 Å². The van der Waals surface area contributed by atoms with E-state index in [-0.39, 0.29) is 6.61 Å². The van der Waals surface area contributed by atoms with Crippen LogP contribution in [0.2, 0.25) is 5.02 Å². The van der Waals surface area contributed by atoms with Crippen molar-refractivity contribution in [3.05, 3.63) is 58.1 Å². The lowest BCUT2D eigenvalue weighted by Gasteiger charge is -2.06. The van der Waals surface area contributed by atoms with Crippen molar-refractivity contribution < 1.29 is 5.11 Å². The molecule has 1 N–H and O–H groups in total.